The molecule has 0 aliphatic carbocycles. The lowest BCUT2D eigenvalue weighted by Gasteiger charge is -2.05. The van der Waals surface area contributed by atoms with E-state index in [9.17, 15) is 4.79 Å². The highest BCUT2D eigenvalue weighted by molar-refractivity contribution is 9.10. The number of carbonyl (C=O) groups excluding carboxylic acids is 1. The van der Waals surface area contributed by atoms with Gasteiger partial charge in [-0.1, -0.05) is 0 Å². The number of rotatable bonds is 2. The van der Waals surface area contributed by atoms with Crippen LogP contribution in [0.2, 0.25) is 0 Å². The summed E-state index contributed by atoms with van der Waals surface area (Å²) in [5, 5.41) is 11.1. The Balaban J connectivity index is 2.49. The van der Waals surface area contributed by atoms with Crippen LogP contribution in [0, 0.1) is 0 Å². The molecule has 1 amide bonds. The molecule has 0 spiro atoms. The highest BCUT2D eigenvalue weighted by Crippen LogP contribution is 2.21. The van der Waals surface area contributed by atoms with E-state index in [0.717, 1.165) is 0 Å². The first kappa shape index (κ1) is 12.3. The standard InChI is InChI=1S/C9H6Br2N4O2/c10-5-2-1-4-8(13-5)15-9(7(11)12-4)14-6(17)3-16/h1-2,16H,3H2,(H,13,14,15,17). The van der Waals surface area contributed by atoms with Gasteiger partial charge in [0.2, 0.25) is 0 Å². The molecule has 6 nitrogen and oxygen atoms in total. The van der Waals surface area contributed by atoms with Crippen molar-refractivity contribution in [3.63, 3.8) is 0 Å². The summed E-state index contributed by atoms with van der Waals surface area (Å²) in [6.45, 7) is -0.613. The van der Waals surface area contributed by atoms with Crippen LogP contribution in [0.15, 0.2) is 21.3 Å². The molecule has 8 heteroatoms. The molecule has 2 N–H and O–H groups in total. The van der Waals surface area contributed by atoms with Crippen molar-refractivity contribution in [1.29, 1.82) is 0 Å². The van der Waals surface area contributed by atoms with Crippen LogP contribution in [0.3, 0.4) is 0 Å². The quantitative estimate of drug-likeness (QED) is 0.791. The lowest BCUT2D eigenvalue weighted by atomic mass is 10.4. The molecule has 0 aromatic carbocycles. The number of hydrogen-bond acceptors (Lipinski definition) is 5. The van der Waals surface area contributed by atoms with E-state index >= 15 is 0 Å². The van der Waals surface area contributed by atoms with Crippen molar-refractivity contribution in [3.05, 3.63) is 21.3 Å². The fourth-order valence-electron chi connectivity index (χ4n) is 1.15. The summed E-state index contributed by atoms with van der Waals surface area (Å²) < 4.78 is 1.01. The van der Waals surface area contributed by atoms with Gasteiger partial charge in [-0.15, -0.1) is 0 Å². The molecule has 88 valence electrons. The zero-order valence-corrected chi connectivity index (χ0v) is 11.5. The van der Waals surface area contributed by atoms with Gasteiger partial charge in [0.15, 0.2) is 11.5 Å². The van der Waals surface area contributed by atoms with Crippen molar-refractivity contribution in [2.24, 2.45) is 0 Å². The largest absolute Gasteiger partial charge is 0.387 e. The average Bonchev–Trinajstić information content (AvgIpc) is 2.30. The van der Waals surface area contributed by atoms with Crippen LogP contribution < -0.4 is 5.32 Å². The maximum absolute atomic E-state index is 11.1. The molecule has 0 aliphatic rings. The Morgan fingerprint density at radius 1 is 1.29 bits per heavy atom. The predicted molar refractivity (Wildman–Crippen MR) is 68.4 cm³/mol. The van der Waals surface area contributed by atoms with Crippen molar-refractivity contribution >= 4 is 54.7 Å². The summed E-state index contributed by atoms with van der Waals surface area (Å²) in [4.78, 5) is 23.5. The fourth-order valence-corrected chi connectivity index (χ4v) is 1.83. The smallest absolute Gasteiger partial charge is 0.251 e. The number of pyridine rings is 1. The van der Waals surface area contributed by atoms with Crippen LogP contribution in [0.1, 0.15) is 0 Å². The number of anilines is 1. The summed E-state index contributed by atoms with van der Waals surface area (Å²) in [6, 6.07) is 3.50. The lowest BCUT2D eigenvalue weighted by Crippen LogP contribution is -2.17. The zero-order valence-electron chi connectivity index (χ0n) is 8.31. The number of halogens is 2. The molecule has 2 aromatic rings. The van der Waals surface area contributed by atoms with Gasteiger partial charge < -0.3 is 10.4 Å². The number of nitrogens with one attached hydrogen (secondary N) is 1. The second-order valence-electron chi connectivity index (χ2n) is 3.05. The van der Waals surface area contributed by atoms with Crippen LogP contribution in [0.25, 0.3) is 11.2 Å². The first-order chi connectivity index (χ1) is 8.10. The predicted octanol–water partition coefficient (Wildman–Crippen LogP) is 1.48. The molecule has 2 rings (SSSR count). The Kier molecular flexibility index (Phi) is 3.65. The Bertz CT molecular complexity index is 590. The third-order valence-electron chi connectivity index (χ3n) is 1.85. The number of aliphatic hydroxyl groups excluding tert-OH is 1. The van der Waals surface area contributed by atoms with Gasteiger partial charge in [0.1, 0.15) is 21.3 Å². The molecule has 0 bridgehead atoms. The number of carbonyl (C=O) groups is 1. The van der Waals surface area contributed by atoms with Crippen molar-refractivity contribution < 1.29 is 9.90 Å². The molecule has 0 aliphatic heterocycles. The number of hydrogen-bond donors (Lipinski definition) is 2. The minimum Gasteiger partial charge on any atom is -0.387 e. The molecule has 0 atom stereocenters. The van der Waals surface area contributed by atoms with Crippen molar-refractivity contribution in [2.45, 2.75) is 0 Å². The zero-order chi connectivity index (χ0) is 12.4. The van der Waals surface area contributed by atoms with E-state index in [0.29, 0.717) is 20.4 Å². The van der Waals surface area contributed by atoms with Crippen LogP contribution in [0.5, 0.6) is 0 Å². The van der Waals surface area contributed by atoms with Crippen LogP contribution in [-0.2, 0) is 4.79 Å². The van der Waals surface area contributed by atoms with E-state index in [2.05, 4.69) is 52.1 Å². The Morgan fingerprint density at radius 3 is 2.76 bits per heavy atom. The van der Waals surface area contributed by atoms with Gasteiger partial charge in [-0.25, -0.2) is 15.0 Å². The maximum Gasteiger partial charge on any atom is 0.251 e. The van der Waals surface area contributed by atoms with Crippen LogP contribution >= 0.6 is 31.9 Å². The molecule has 0 saturated carbocycles. The molecular weight excluding hydrogens is 356 g/mol. The summed E-state index contributed by atoms with van der Waals surface area (Å²) in [6.07, 6.45) is 0. The van der Waals surface area contributed by atoms with Crippen molar-refractivity contribution in [2.75, 3.05) is 11.9 Å². The normalized spacial score (nSPS) is 10.5. The highest BCUT2D eigenvalue weighted by Gasteiger charge is 2.10. The molecule has 2 heterocycles. The van der Waals surface area contributed by atoms with E-state index < -0.39 is 12.5 Å². The number of aliphatic hydroxyl groups is 1. The third kappa shape index (κ3) is 2.76. The summed E-state index contributed by atoms with van der Waals surface area (Å²) >= 11 is 6.41. The minimum atomic E-state index is -0.613. The average molecular weight is 362 g/mol. The Labute approximate surface area is 113 Å². The molecule has 0 radical (unpaired) electrons. The topological polar surface area (TPSA) is 88.0 Å². The summed E-state index contributed by atoms with van der Waals surface area (Å²) in [5.41, 5.74) is 0.998. The Morgan fingerprint density at radius 2 is 2.06 bits per heavy atom. The van der Waals surface area contributed by atoms with Gasteiger partial charge in [0.05, 0.1) is 0 Å². The van der Waals surface area contributed by atoms with E-state index in [1.807, 2.05) is 0 Å². The van der Waals surface area contributed by atoms with Gasteiger partial charge in [-0.3, -0.25) is 4.79 Å². The second kappa shape index (κ2) is 5.03. The molecule has 0 fully saturated rings. The molecule has 17 heavy (non-hydrogen) atoms. The molecular formula is C9H6Br2N4O2. The van der Waals surface area contributed by atoms with E-state index in [-0.39, 0.29) is 5.82 Å². The highest BCUT2D eigenvalue weighted by atomic mass is 79.9. The fraction of sp³-hybridized carbons (Fsp3) is 0.111. The number of aromatic nitrogens is 3. The van der Waals surface area contributed by atoms with E-state index in [1.165, 1.54) is 0 Å². The van der Waals surface area contributed by atoms with Gasteiger partial charge in [-0.05, 0) is 44.0 Å². The van der Waals surface area contributed by atoms with Crippen LogP contribution in [-0.4, -0.2) is 32.6 Å². The van der Waals surface area contributed by atoms with Gasteiger partial charge in [0, 0.05) is 0 Å². The molecule has 0 saturated heterocycles. The summed E-state index contributed by atoms with van der Waals surface area (Å²) in [5.74, 6) is -0.337. The van der Waals surface area contributed by atoms with Gasteiger partial charge in [0.25, 0.3) is 5.91 Å². The SMILES string of the molecule is O=C(CO)Nc1nc2nc(Br)ccc2nc1Br. The van der Waals surface area contributed by atoms with Crippen molar-refractivity contribution in [1.82, 2.24) is 15.0 Å². The van der Waals surface area contributed by atoms with Crippen molar-refractivity contribution in [3.8, 4) is 0 Å². The van der Waals surface area contributed by atoms with Crippen LogP contribution in [0.4, 0.5) is 5.82 Å². The Hall–Kier alpha value is -1.12. The third-order valence-corrected chi connectivity index (χ3v) is 2.85. The number of nitrogens with zero attached hydrogens (tertiary/aromatic N) is 3. The van der Waals surface area contributed by atoms with E-state index in [4.69, 9.17) is 5.11 Å². The lowest BCUT2D eigenvalue weighted by molar-refractivity contribution is -0.118. The van der Waals surface area contributed by atoms with E-state index in [1.54, 1.807) is 12.1 Å². The first-order valence-corrected chi connectivity index (χ1v) is 6.09. The molecule has 2 aromatic heterocycles. The molecule has 0 unspecified atom stereocenters. The second-order valence-corrected chi connectivity index (χ2v) is 4.61. The van der Waals surface area contributed by atoms with Gasteiger partial charge >= 0.3 is 0 Å². The monoisotopic (exact) mass is 360 g/mol. The van der Waals surface area contributed by atoms with Gasteiger partial charge in [-0.2, -0.15) is 0 Å². The number of fused-ring (bicyclic) bond motifs is 1. The minimum absolute atomic E-state index is 0.224. The summed E-state index contributed by atoms with van der Waals surface area (Å²) in [7, 11) is 0. The first-order valence-electron chi connectivity index (χ1n) is 4.50. The number of amides is 1. The maximum atomic E-state index is 11.1.